The molecular formula is C21H15F6N5O. The first kappa shape index (κ1) is 22.4. The van der Waals surface area contributed by atoms with Gasteiger partial charge in [0.2, 0.25) is 0 Å². The van der Waals surface area contributed by atoms with Gasteiger partial charge in [0.15, 0.2) is 5.82 Å². The Bertz CT molecular complexity index is 1180. The third-order valence-corrected chi connectivity index (χ3v) is 4.87. The van der Waals surface area contributed by atoms with Crippen molar-refractivity contribution < 1.29 is 31.1 Å². The Kier molecular flexibility index (Phi) is 5.60. The van der Waals surface area contributed by atoms with Gasteiger partial charge in [0.25, 0.3) is 5.91 Å². The lowest BCUT2D eigenvalue weighted by atomic mass is 10.0. The average molecular weight is 467 g/mol. The van der Waals surface area contributed by atoms with Gasteiger partial charge in [-0.25, -0.2) is 9.67 Å². The maximum Gasteiger partial charge on any atom is 0.416 e. The molecule has 12 heteroatoms. The zero-order valence-electron chi connectivity index (χ0n) is 16.7. The monoisotopic (exact) mass is 467 g/mol. The van der Waals surface area contributed by atoms with Gasteiger partial charge in [-0.15, -0.1) is 5.10 Å². The second kappa shape index (κ2) is 8.26. The Morgan fingerprint density at radius 2 is 1.67 bits per heavy atom. The number of hydrogen-bond acceptors (Lipinski definition) is 4. The molecule has 0 saturated carbocycles. The number of aromatic nitrogens is 3. The van der Waals surface area contributed by atoms with E-state index in [1.165, 1.54) is 6.20 Å². The van der Waals surface area contributed by atoms with Gasteiger partial charge in [-0.05, 0) is 36.2 Å². The predicted molar refractivity (Wildman–Crippen MR) is 106 cm³/mol. The van der Waals surface area contributed by atoms with Crippen LogP contribution in [0, 0.1) is 0 Å². The van der Waals surface area contributed by atoms with E-state index in [9.17, 15) is 31.1 Å². The first-order valence-corrected chi connectivity index (χ1v) is 9.56. The molecule has 4 rings (SSSR count). The summed E-state index contributed by atoms with van der Waals surface area (Å²) in [5.41, 5.74) is 1.25. The zero-order chi connectivity index (χ0) is 23.8. The van der Waals surface area contributed by atoms with Crippen molar-refractivity contribution in [3.05, 3.63) is 71.6 Å². The number of halogens is 6. The molecule has 0 atom stereocenters. The van der Waals surface area contributed by atoms with Gasteiger partial charge in [0.1, 0.15) is 6.33 Å². The molecule has 0 spiro atoms. The minimum absolute atomic E-state index is 0.0290. The molecule has 0 saturated heterocycles. The molecule has 172 valence electrons. The number of hydrazine groups is 1. The van der Waals surface area contributed by atoms with Crippen LogP contribution >= 0.6 is 0 Å². The van der Waals surface area contributed by atoms with Crippen molar-refractivity contribution in [2.75, 3.05) is 11.6 Å². The molecule has 0 fully saturated rings. The van der Waals surface area contributed by atoms with Crippen molar-refractivity contribution in [2.45, 2.75) is 18.8 Å². The van der Waals surface area contributed by atoms with Crippen molar-refractivity contribution in [1.82, 2.24) is 20.2 Å². The molecule has 1 aromatic heterocycles. The molecule has 0 unspecified atom stereocenters. The van der Waals surface area contributed by atoms with Gasteiger partial charge >= 0.3 is 12.4 Å². The summed E-state index contributed by atoms with van der Waals surface area (Å²) in [4.78, 5) is 16.0. The van der Waals surface area contributed by atoms with Gasteiger partial charge < -0.3 is 0 Å². The van der Waals surface area contributed by atoms with E-state index in [4.69, 9.17) is 0 Å². The molecule has 2 aromatic carbocycles. The Morgan fingerprint density at radius 3 is 2.33 bits per heavy atom. The third-order valence-electron chi connectivity index (χ3n) is 4.87. The van der Waals surface area contributed by atoms with Gasteiger partial charge in [-0.2, -0.15) is 26.3 Å². The molecule has 2 heterocycles. The fourth-order valence-electron chi connectivity index (χ4n) is 3.33. The summed E-state index contributed by atoms with van der Waals surface area (Å²) >= 11 is 0. The standard InChI is InChI=1S/C21H15F6N5O/c22-20(23,24)15-9-14(10-16(11-15)21(25,26)27)19-28-12-31(30-19)7-6-18(33)29-32-8-5-13-3-1-2-4-17(13)32/h1-4,6-7,9-12H,5,8H2,(H,29,33)/b7-6-. The molecule has 0 aliphatic carbocycles. The number of hydrogen-bond donors (Lipinski definition) is 1. The molecular weight excluding hydrogens is 452 g/mol. The molecule has 33 heavy (non-hydrogen) atoms. The number of carbonyl (C=O) groups excluding carboxylic acids is 1. The predicted octanol–water partition coefficient (Wildman–Crippen LogP) is 4.55. The number of benzene rings is 2. The van der Waals surface area contributed by atoms with Crippen molar-refractivity contribution in [1.29, 1.82) is 0 Å². The Balaban J connectivity index is 1.51. The van der Waals surface area contributed by atoms with Gasteiger partial charge in [-0.3, -0.25) is 15.2 Å². The highest BCUT2D eigenvalue weighted by Crippen LogP contribution is 2.38. The van der Waals surface area contributed by atoms with E-state index in [0.717, 1.165) is 34.8 Å². The van der Waals surface area contributed by atoms with Crippen molar-refractivity contribution in [2.24, 2.45) is 0 Å². The summed E-state index contributed by atoms with van der Waals surface area (Å²) in [7, 11) is 0. The Hall–Kier alpha value is -3.83. The van der Waals surface area contributed by atoms with Crippen molar-refractivity contribution in [3.8, 4) is 11.4 Å². The van der Waals surface area contributed by atoms with E-state index in [-0.39, 0.29) is 11.9 Å². The summed E-state index contributed by atoms with van der Waals surface area (Å²) in [5.74, 6) is -0.854. The van der Waals surface area contributed by atoms with Crippen LogP contribution in [0.1, 0.15) is 16.7 Å². The van der Waals surface area contributed by atoms with E-state index in [1.54, 1.807) is 5.01 Å². The maximum atomic E-state index is 13.1. The van der Waals surface area contributed by atoms with Gasteiger partial charge in [-0.1, -0.05) is 18.2 Å². The van der Waals surface area contributed by atoms with Crippen LogP contribution in [0.5, 0.6) is 0 Å². The van der Waals surface area contributed by atoms with Crippen molar-refractivity contribution >= 4 is 17.8 Å². The number of para-hydroxylation sites is 1. The second-order valence-electron chi connectivity index (χ2n) is 7.16. The lowest BCUT2D eigenvalue weighted by Gasteiger charge is -2.19. The molecule has 6 nitrogen and oxygen atoms in total. The van der Waals surface area contributed by atoms with E-state index in [1.807, 2.05) is 24.3 Å². The van der Waals surface area contributed by atoms with Crippen LogP contribution in [0.3, 0.4) is 0 Å². The molecule has 1 aliphatic heterocycles. The lowest BCUT2D eigenvalue weighted by molar-refractivity contribution is -0.143. The number of anilines is 1. The summed E-state index contributed by atoms with van der Waals surface area (Å²) in [6.07, 6.45) is -5.82. The molecule has 0 radical (unpaired) electrons. The van der Waals surface area contributed by atoms with Crippen molar-refractivity contribution in [3.63, 3.8) is 0 Å². The molecule has 0 bridgehead atoms. The van der Waals surface area contributed by atoms with Crippen LogP contribution in [0.25, 0.3) is 17.6 Å². The molecule has 1 N–H and O–H groups in total. The largest absolute Gasteiger partial charge is 0.416 e. The molecule has 1 aliphatic rings. The number of nitrogens with zero attached hydrogens (tertiary/aromatic N) is 4. The SMILES string of the molecule is O=C(/C=C\n1cnc(-c2cc(C(F)(F)F)cc(C(F)(F)F)c2)n1)NN1CCc2ccccc21. The van der Waals surface area contributed by atoms with Crippen LogP contribution in [-0.4, -0.2) is 27.2 Å². The van der Waals surface area contributed by atoms with E-state index < -0.39 is 35.0 Å². The van der Waals surface area contributed by atoms with Crippen LogP contribution in [0.2, 0.25) is 0 Å². The summed E-state index contributed by atoms with van der Waals surface area (Å²) < 4.78 is 79.3. The van der Waals surface area contributed by atoms with Crippen LogP contribution in [0.4, 0.5) is 32.0 Å². The number of amides is 1. The highest BCUT2D eigenvalue weighted by atomic mass is 19.4. The number of carbonyl (C=O) groups is 1. The normalized spacial score (nSPS) is 14.1. The summed E-state index contributed by atoms with van der Waals surface area (Å²) in [6, 6.07) is 8.66. The average Bonchev–Trinajstić information content (AvgIpc) is 3.38. The smallest absolute Gasteiger partial charge is 0.285 e. The Morgan fingerprint density at radius 1 is 1.00 bits per heavy atom. The second-order valence-corrected chi connectivity index (χ2v) is 7.16. The first-order chi connectivity index (χ1) is 15.5. The fraction of sp³-hybridized carbons (Fsp3) is 0.190. The number of rotatable bonds is 4. The Labute approximate surface area is 183 Å². The fourth-order valence-corrected chi connectivity index (χ4v) is 3.33. The van der Waals surface area contributed by atoms with Crippen LogP contribution in [-0.2, 0) is 23.6 Å². The van der Waals surface area contributed by atoms with Crippen LogP contribution < -0.4 is 10.4 Å². The molecule has 1 amide bonds. The highest BCUT2D eigenvalue weighted by Gasteiger charge is 2.37. The van der Waals surface area contributed by atoms with Gasteiger partial charge in [0.05, 0.1) is 16.8 Å². The van der Waals surface area contributed by atoms with E-state index in [0.29, 0.717) is 18.7 Å². The van der Waals surface area contributed by atoms with Crippen LogP contribution in [0.15, 0.2) is 54.9 Å². The maximum absolute atomic E-state index is 13.1. The number of fused-ring (bicyclic) bond motifs is 1. The molecule has 3 aromatic rings. The number of alkyl halides is 6. The minimum atomic E-state index is -4.98. The number of nitrogens with one attached hydrogen (secondary N) is 1. The van der Waals surface area contributed by atoms with Gasteiger partial charge in [0, 0.05) is 24.4 Å². The minimum Gasteiger partial charge on any atom is -0.285 e. The first-order valence-electron chi connectivity index (χ1n) is 9.56. The highest BCUT2D eigenvalue weighted by molar-refractivity contribution is 5.91. The lowest BCUT2D eigenvalue weighted by Crippen LogP contribution is -2.40. The zero-order valence-corrected chi connectivity index (χ0v) is 16.7. The quantitative estimate of drug-likeness (QED) is 0.452. The third kappa shape index (κ3) is 4.99. The summed E-state index contributed by atoms with van der Waals surface area (Å²) in [5, 5.41) is 5.53. The van der Waals surface area contributed by atoms with E-state index in [2.05, 4.69) is 15.5 Å². The topological polar surface area (TPSA) is 63.1 Å². The summed E-state index contributed by atoms with van der Waals surface area (Å²) in [6.45, 7) is 0.587. The van der Waals surface area contributed by atoms with E-state index >= 15 is 0 Å².